The van der Waals surface area contributed by atoms with E-state index in [4.69, 9.17) is 2.74 Å². The zero-order valence-corrected chi connectivity index (χ0v) is 55.9. The Morgan fingerprint density at radius 3 is 0.990 bits per heavy atom. The van der Waals surface area contributed by atoms with Gasteiger partial charge in [-0.15, -0.1) is 0 Å². The zero-order chi connectivity index (χ0) is 76.8. The first-order valence-corrected chi connectivity index (χ1v) is 34.6. The second-order valence-corrected chi connectivity index (χ2v) is 26.5. The summed E-state index contributed by atoms with van der Waals surface area (Å²) in [6.45, 7) is 8.06. The Morgan fingerprint density at radius 2 is 0.598 bits per heavy atom. The number of rotatable bonds is 17. The quantitative estimate of drug-likeness (QED) is 0.0896. The molecule has 0 heterocycles. The van der Waals surface area contributed by atoms with Gasteiger partial charge in [-0.3, -0.25) is 0 Å². The first-order valence-electron chi connectivity index (χ1n) is 39.6. The molecule has 482 valence electrons. The highest BCUT2D eigenvalue weighted by molar-refractivity contribution is 6.13. The van der Waals surface area contributed by atoms with Gasteiger partial charge in [0, 0.05) is 33.5 Å². The van der Waals surface area contributed by atoms with E-state index in [0.717, 1.165) is 156 Å². The second kappa shape index (κ2) is 25.8. The lowest BCUT2D eigenvalue weighted by Crippen LogP contribution is -2.30. The van der Waals surface area contributed by atoms with Gasteiger partial charge in [-0.1, -0.05) is 341 Å². The highest BCUT2D eigenvalue weighted by Crippen LogP contribution is 2.59. The molecule has 16 aromatic rings. The van der Waals surface area contributed by atoms with Gasteiger partial charge in [-0.05, 0) is 196 Å². The number of benzene rings is 16. The lowest BCUT2D eigenvalue weighted by Gasteiger charge is -2.35. The lowest BCUT2D eigenvalue weighted by atomic mass is 9.68. The summed E-state index contributed by atoms with van der Waals surface area (Å²) < 4.78 is 94.0. The molecule has 0 amide bonds. The molecule has 2 nitrogen and oxygen atoms in total. The van der Waals surface area contributed by atoms with Gasteiger partial charge >= 0.3 is 0 Å². The van der Waals surface area contributed by atoms with E-state index < -0.39 is 47.1 Å². The van der Waals surface area contributed by atoms with Crippen LogP contribution in [0.5, 0.6) is 0 Å². The van der Waals surface area contributed by atoms with Gasteiger partial charge < -0.3 is 9.80 Å². The molecule has 2 heteroatoms. The van der Waals surface area contributed by atoms with Gasteiger partial charge in [0.15, 0.2) is 0 Å². The van der Waals surface area contributed by atoms with Crippen LogP contribution in [0.25, 0.3) is 89.3 Å². The summed E-state index contributed by atoms with van der Waals surface area (Å²) in [5, 5.41) is 3.90. The Bertz CT molecular complexity index is 6030. The van der Waals surface area contributed by atoms with E-state index in [1.54, 1.807) is 12.2 Å². The Morgan fingerprint density at radius 1 is 0.275 bits per heavy atom. The van der Waals surface area contributed by atoms with Crippen LogP contribution < -0.4 is 9.80 Å². The van der Waals surface area contributed by atoms with Crippen LogP contribution in [0.1, 0.15) is 69.3 Å². The highest BCUT2D eigenvalue weighted by atomic mass is 15.2. The lowest BCUT2D eigenvalue weighted by molar-refractivity contribution is 0.629. The molecule has 102 heavy (non-hydrogen) atoms. The van der Waals surface area contributed by atoms with Crippen molar-refractivity contribution < 1.29 is 13.7 Å². The monoisotopic (exact) mass is 1310 g/mol. The summed E-state index contributed by atoms with van der Waals surface area (Å²) in [6, 6.07) is 106. The van der Waals surface area contributed by atoms with E-state index in [1.165, 1.54) is 0 Å². The third kappa shape index (κ3) is 10.4. The third-order valence-corrected chi connectivity index (χ3v) is 21.1. The molecule has 0 radical (unpaired) electrons. The summed E-state index contributed by atoms with van der Waals surface area (Å²) >= 11 is 0. The van der Waals surface area contributed by atoms with Gasteiger partial charge in [0.2, 0.25) is 0 Å². The molecule has 0 N–H and O–H groups in total. The fourth-order valence-corrected chi connectivity index (χ4v) is 16.3. The Labute approximate surface area is 612 Å². The molecule has 2 aliphatic carbocycles. The van der Waals surface area contributed by atoms with Crippen molar-refractivity contribution in [2.75, 3.05) is 9.80 Å². The molecule has 0 aromatic heterocycles. The summed E-state index contributed by atoms with van der Waals surface area (Å²) in [4.78, 5) is 4.58. The van der Waals surface area contributed by atoms with E-state index in [1.807, 2.05) is 109 Å². The molecule has 0 spiro atoms. The Balaban J connectivity index is 0.835. The predicted molar refractivity (Wildman–Crippen MR) is 431 cm³/mol. The largest absolute Gasteiger partial charge is 0.310 e. The van der Waals surface area contributed by atoms with E-state index in [9.17, 15) is 11.0 Å². The molecule has 16 aromatic carbocycles. The average molecular weight is 1310 g/mol. The van der Waals surface area contributed by atoms with Gasteiger partial charge in [0.05, 0.1) is 35.9 Å². The maximum Gasteiger partial charge on any atom is 0.0626 e. The highest BCUT2D eigenvalue weighted by Gasteiger charge is 2.47. The molecular formula is C100H72N2. The van der Waals surface area contributed by atoms with Gasteiger partial charge in [0.25, 0.3) is 0 Å². The zero-order valence-electron chi connectivity index (χ0n) is 65.9. The number of hydrogen-bond acceptors (Lipinski definition) is 2. The molecule has 0 bridgehead atoms. The summed E-state index contributed by atoms with van der Waals surface area (Å²) in [5.41, 5.74) is 19.8. The topological polar surface area (TPSA) is 6.48 Å². The molecule has 0 fully saturated rings. The molecule has 18 rings (SSSR count). The van der Waals surface area contributed by atoms with Crippen LogP contribution in [0.15, 0.2) is 389 Å². The Hall–Kier alpha value is -12.9. The first kappa shape index (κ1) is 51.3. The van der Waals surface area contributed by atoms with Crippen molar-refractivity contribution in [2.24, 2.45) is 0 Å². The van der Waals surface area contributed by atoms with Crippen molar-refractivity contribution in [1.29, 1.82) is 0 Å². The van der Waals surface area contributed by atoms with Crippen molar-refractivity contribution in [3.63, 3.8) is 0 Å². The fraction of sp³-hybridized carbons (Fsp3) is 0.0400. The van der Waals surface area contributed by atoms with E-state index in [2.05, 4.69) is 229 Å². The molecule has 0 aliphatic heterocycles. The molecular weight excluding hydrogens is 1230 g/mol. The third-order valence-electron chi connectivity index (χ3n) is 21.1. The van der Waals surface area contributed by atoms with Gasteiger partial charge in [-0.25, -0.2) is 0 Å². The smallest absolute Gasteiger partial charge is 0.0626 e. The van der Waals surface area contributed by atoms with Gasteiger partial charge in [-0.2, -0.15) is 0 Å². The van der Waals surface area contributed by atoms with Crippen LogP contribution in [-0.4, -0.2) is 0 Å². The molecule has 2 aliphatic rings. The predicted octanol–water partition coefficient (Wildman–Crippen LogP) is 26.3. The minimum atomic E-state index is -1.28. The minimum Gasteiger partial charge on any atom is -0.310 e. The normalized spacial score (nSPS) is 16.1. The molecule has 2 unspecified atom stereocenters. The van der Waals surface area contributed by atoms with Crippen LogP contribution in [0.2, 0.25) is 0 Å². The Kier molecular flexibility index (Phi) is 13.0. The van der Waals surface area contributed by atoms with Crippen molar-refractivity contribution in [1.82, 2.24) is 0 Å². The van der Waals surface area contributed by atoms with E-state index >= 15 is 0 Å². The van der Waals surface area contributed by atoms with Crippen molar-refractivity contribution in [2.45, 2.75) is 23.7 Å². The average Bonchev–Trinajstić information content (AvgIpc) is 1.56. The van der Waals surface area contributed by atoms with Crippen LogP contribution in [0, 0.1) is 0 Å². The maximum atomic E-state index is 9.84. The summed E-state index contributed by atoms with van der Waals surface area (Å²) in [6.07, 6.45) is 4.15. The maximum absolute atomic E-state index is 9.84. The molecule has 0 saturated heterocycles. The van der Waals surface area contributed by atoms with Crippen molar-refractivity contribution in [3.05, 3.63) is 445 Å². The number of anilines is 6. The number of hydrogen-bond donors (Lipinski definition) is 0. The minimum absolute atomic E-state index is 0.208. The van der Waals surface area contributed by atoms with Crippen LogP contribution in [0.4, 0.5) is 34.1 Å². The van der Waals surface area contributed by atoms with Crippen molar-refractivity contribution in [3.8, 4) is 55.6 Å². The van der Waals surface area contributed by atoms with Crippen LogP contribution in [-0.2, 0) is 23.7 Å². The fourth-order valence-electron chi connectivity index (χ4n) is 16.3. The standard InChI is InChI=1S/C100H72N2/c1-3-69-41-45-71(46-42-69)67-99(77-29-13-7-14-30-77)93-39-23-21-35-87(93)89-59-57-81(65-95(89)99)101(79-53-49-75(50-54-79)73-25-9-5-10-26-73)97-63-61-85(83-33-17-19-37-91(83)97)86-62-64-98(92-38-20-18-34-84(86)92)102(80-55-51-76(52-56-80)74-27-11-6-12-28-74)82-58-60-90-88-36-22-24-40-94(88)100(96(90)66-82,78-31-15-8-16-32-78)68-72-47-43-70(4-2)44-48-72/h3-66H,1-2,67-68H2/i7D,8D,13D,14D,15D,16D,29D,30D,31D,32D. The second-order valence-electron chi connectivity index (χ2n) is 26.5. The number of nitrogens with zero attached hydrogens (tertiary/aromatic N) is 2. The first-order chi connectivity index (χ1) is 54.6. The summed E-state index contributed by atoms with van der Waals surface area (Å²) in [5.74, 6) is 0. The SMILES string of the molecule is [2H]c1c([2H])c([2H])c(C2(Cc3ccc(C=C)cc3)c3ccccc3-c3ccc(N(c4ccc(-c5ccccc5)cc4)c4ccc(-c5ccc(N(c6ccc(-c7ccccc7)cc6)c6ccc7c(c6)C(Cc6ccc(C=C)cc6)(c6c([2H])c([2H])c([2H])c([2H])c6[2H])c6ccccc6-7)c6ccccc56)c5ccccc45)cc32)c([2H])c1[2H]. The summed E-state index contributed by atoms with van der Waals surface area (Å²) in [7, 11) is 0. The van der Waals surface area contributed by atoms with Crippen LogP contribution >= 0.6 is 0 Å². The number of fused-ring (bicyclic) bond motifs is 8. The van der Waals surface area contributed by atoms with Crippen LogP contribution in [0.3, 0.4) is 0 Å². The van der Waals surface area contributed by atoms with Crippen molar-refractivity contribution >= 4 is 67.8 Å². The van der Waals surface area contributed by atoms with E-state index in [0.29, 0.717) is 0 Å². The molecule has 0 saturated carbocycles. The van der Waals surface area contributed by atoms with Gasteiger partial charge in [0.1, 0.15) is 0 Å². The molecule has 2 atom stereocenters. The van der Waals surface area contributed by atoms with E-state index in [-0.39, 0.29) is 48.1 Å².